The van der Waals surface area contributed by atoms with E-state index in [2.05, 4.69) is 0 Å². The number of sulfone groups is 1. The Balaban J connectivity index is 2.50. The maximum absolute atomic E-state index is 11.8. The summed E-state index contributed by atoms with van der Waals surface area (Å²) >= 11 is 0. The van der Waals surface area contributed by atoms with Crippen molar-refractivity contribution < 1.29 is 22.7 Å². The van der Waals surface area contributed by atoms with Crippen molar-refractivity contribution in [3.63, 3.8) is 0 Å². The van der Waals surface area contributed by atoms with Crippen LogP contribution in [-0.2, 0) is 24.2 Å². The Morgan fingerprint density at radius 2 is 2.06 bits per heavy atom. The first-order valence-electron chi connectivity index (χ1n) is 5.46. The van der Waals surface area contributed by atoms with Crippen molar-refractivity contribution in [2.75, 3.05) is 31.7 Å². The van der Waals surface area contributed by atoms with Crippen molar-refractivity contribution in [3.8, 4) is 0 Å². The third-order valence-corrected chi connectivity index (χ3v) is 4.40. The number of hydrogen-bond donors (Lipinski definition) is 0. The van der Waals surface area contributed by atoms with Crippen LogP contribution in [0.1, 0.15) is 13.3 Å². The number of ether oxygens (including phenoxy) is 1. The van der Waals surface area contributed by atoms with Gasteiger partial charge in [-0.25, -0.2) is 8.42 Å². The van der Waals surface area contributed by atoms with Crippen LogP contribution in [0.25, 0.3) is 0 Å². The van der Waals surface area contributed by atoms with Crippen molar-refractivity contribution in [3.05, 3.63) is 0 Å². The zero-order valence-electron chi connectivity index (χ0n) is 10.0. The molecule has 1 rings (SSSR count). The third kappa shape index (κ3) is 3.99. The fourth-order valence-corrected chi connectivity index (χ4v) is 3.51. The van der Waals surface area contributed by atoms with E-state index in [1.807, 2.05) is 0 Å². The van der Waals surface area contributed by atoms with Crippen LogP contribution in [-0.4, -0.2) is 56.9 Å². The van der Waals surface area contributed by atoms with Crippen LogP contribution in [0.3, 0.4) is 0 Å². The van der Waals surface area contributed by atoms with E-state index >= 15 is 0 Å². The maximum atomic E-state index is 11.8. The number of carbonyl (C=O) groups is 2. The zero-order chi connectivity index (χ0) is 13.1. The van der Waals surface area contributed by atoms with Crippen molar-refractivity contribution >= 4 is 21.7 Å². The smallest absolute Gasteiger partial charge is 0.325 e. The number of carbonyl (C=O) groups excluding carboxylic acids is 2. The molecule has 1 atom stereocenters. The lowest BCUT2D eigenvalue weighted by Crippen LogP contribution is -2.37. The van der Waals surface area contributed by atoms with Crippen molar-refractivity contribution in [2.45, 2.75) is 13.3 Å². The highest BCUT2D eigenvalue weighted by Gasteiger charge is 2.34. The first kappa shape index (κ1) is 14.0. The van der Waals surface area contributed by atoms with Gasteiger partial charge in [-0.15, -0.1) is 0 Å². The predicted molar refractivity (Wildman–Crippen MR) is 61.0 cm³/mol. The molecule has 1 aliphatic heterocycles. The molecule has 0 radical (unpaired) electrons. The Bertz CT molecular complexity index is 403. The number of esters is 1. The predicted octanol–water partition coefficient (Wildman–Crippen LogP) is -0.557. The fraction of sp³-hybridized carbons (Fsp3) is 0.800. The molecular formula is C10H17NO5S. The van der Waals surface area contributed by atoms with E-state index < -0.39 is 21.7 Å². The van der Waals surface area contributed by atoms with Gasteiger partial charge in [0.2, 0.25) is 5.91 Å². The SMILES string of the molecule is CCOC(=O)CN(C)C(=O)C1CCS(=O)(=O)C1. The highest BCUT2D eigenvalue weighted by Crippen LogP contribution is 2.20. The molecule has 0 aromatic rings. The molecule has 0 spiro atoms. The number of likely N-dealkylation sites (N-methyl/N-ethyl adjacent to an activating group) is 1. The summed E-state index contributed by atoms with van der Waals surface area (Å²) < 4.78 is 27.2. The summed E-state index contributed by atoms with van der Waals surface area (Å²) in [6, 6.07) is 0. The Morgan fingerprint density at radius 3 is 2.53 bits per heavy atom. The minimum Gasteiger partial charge on any atom is -0.465 e. The average molecular weight is 263 g/mol. The van der Waals surface area contributed by atoms with Crippen LogP contribution in [0.15, 0.2) is 0 Å². The molecule has 98 valence electrons. The monoisotopic (exact) mass is 263 g/mol. The van der Waals surface area contributed by atoms with Gasteiger partial charge >= 0.3 is 5.97 Å². The summed E-state index contributed by atoms with van der Waals surface area (Å²) in [5, 5.41) is 0. The van der Waals surface area contributed by atoms with Gasteiger partial charge in [-0.05, 0) is 13.3 Å². The van der Waals surface area contributed by atoms with E-state index in [9.17, 15) is 18.0 Å². The summed E-state index contributed by atoms with van der Waals surface area (Å²) in [5.74, 6) is -1.36. The summed E-state index contributed by atoms with van der Waals surface area (Å²) in [4.78, 5) is 24.2. The maximum Gasteiger partial charge on any atom is 0.325 e. The highest BCUT2D eigenvalue weighted by molar-refractivity contribution is 7.91. The first-order valence-corrected chi connectivity index (χ1v) is 7.29. The Kier molecular flexibility index (Phi) is 4.50. The molecule has 1 heterocycles. The molecule has 0 saturated carbocycles. The van der Waals surface area contributed by atoms with Gasteiger partial charge in [-0.3, -0.25) is 9.59 Å². The first-order chi connectivity index (χ1) is 7.85. The molecule has 1 saturated heterocycles. The fourth-order valence-electron chi connectivity index (χ4n) is 1.78. The number of hydrogen-bond acceptors (Lipinski definition) is 5. The van der Waals surface area contributed by atoms with E-state index in [1.54, 1.807) is 6.92 Å². The normalized spacial score (nSPS) is 22.1. The molecule has 0 aliphatic carbocycles. The molecule has 17 heavy (non-hydrogen) atoms. The molecule has 6 nitrogen and oxygen atoms in total. The molecule has 7 heteroatoms. The van der Waals surface area contributed by atoms with Crippen LogP contribution >= 0.6 is 0 Å². The van der Waals surface area contributed by atoms with E-state index in [4.69, 9.17) is 4.74 Å². The Labute approximate surface area is 101 Å². The topological polar surface area (TPSA) is 80.8 Å². The second-order valence-electron chi connectivity index (χ2n) is 4.10. The Morgan fingerprint density at radius 1 is 1.41 bits per heavy atom. The quantitative estimate of drug-likeness (QED) is 0.635. The molecular weight excluding hydrogens is 246 g/mol. The van der Waals surface area contributed by atoms with E-state index in [1.165, 1.54) is 11.9 Å². The van der Waals surface area contributed by atoms with Crippen molar-refractivity contribution in [1.29, 1.82) is 0 Å². The van der Waals surface area contributed by atoms with Gasteiger partial charge in [0.25, 0.3) is 0 Å². The highest BCUT2D eigenvalue weighted by atomic mass is 32.2. The molecule has 1 aliphatic rings. The van der Waals surface area contributed by atoms with E-state index in [0.717, 1.165) is 0 Å². The number of rotatable bonds is 4. The summed E-state index contributed by atoms with van der Waals surface area (Å²) in [5.41, 5.74) is 0. The third-order valence-electron chi connectivity index (χ3n) is 2.63. The van der Waals surface area contributed by atoms with Crippen LogP contribution in [0.2, 0.25) is 0 Å². The van der Waals surface area contributed by atoms with Gasteiger partial charge in [-0.1, -0.05) is 0 Å². The van der Waals surface area contributed by atoms with Gasteiger partial charge in [0.15, 0.2) is 9.84 Å². The van der Waals surface area contributed by atoms with Gasteiger partial charge in [0, 0.05) is 7.05 Å². The lowest BCUT2D eigenvalue weighted by Gasteiger charge is -2.19. The average Bonchev–Trinajstić information content (AvgIpc) is 2.58. The summed E-state index contributed by atoms with van der Waals surface area (Å²) in [6.07, 6.45) is 0.342. The standard InChI is InChI=1S/C10H17NO5S/c1-3-16-9(12)6-11(2)10(13)8-4-5-17(14,15)7-8/h8H,3-7H2,1-2H3. The van der Waals surface area contributed by atoms with Crippen LogP contribution in [0, 0.1) is 5.92 Å². The Hall–Kier alpha value is -1.11. The molecule has 1 amide bonds. The van der Waals surface area contributed by atoms with E-state index in [-0.39, 0.29) is 30.6 Å². The van der Waals surface area contributed by atoms with E-state index in [0.29, 0.717) is 6.42 Å². The molecule has 0 N–H and O–H groups in total. The van der Waals surface area contributed by atoms with Gasteiger partial charge in [-0.2, -0.15) is 0 Å². The zero-order valence-corrected chi connectivity index (χ0v) is 10.8. The van der Waals surface area contributed by atoms with Gasteiger partial charge in [0.1, 0.15) is 6.54 Å². The summed E-state index contributed by atoms with van der Waals surface area (Å²) in [6.45, 7) is 1.81. The largest absolute Gasteiger partial charge is 0.465 e. The number of nitrogens with zero attached hydrogens (tertiary/aromatic N) is 1. The second kappa shape index (κ2) is 5.48. The molecule has 0 aromatic heterocycles. The van der Waals surface area contributed by atoms with Crippen LogP contribution in [0.4, 0.5) is 0 Å². The molecule has 0 aromatic carbocycles. The molecule has 0 bridgehead atoms. The van der Waals surface area contributed by atoms with Gasteiger partial charge in [0.05, 0.1) is 24.0 Å². The number of amides is 1. The second-order valence-corrected chi connectivity index (χ2v) is 6.33. The van der Waals surface area contributed by atoms with Crippen molar-refractivity contribution in [1.82, 2.24) is 4.90 Å². The van der Waals surface area contributed by atoms with Crippen LogP contribution < -0.4 is 0 Å². The summed E-state index contributed by atoms with van der Waals surface area (Å²) in [7, 11) is -1.60. The minimum absolute atomic E-state index is 0.0522. The lowest BCUT2D eigenvalue weighted by molar-refractivity contribution is -0.149. The van der Waals surface area contributed by atoms with Crippen LogP contribution in [0.5, 0.6) is 0 Å². The minimum atomic E-state index is -3.08. The van der Waals surface area contributed by atoms with Gasteiger partial charge < -0.3 is 9.64 Å². The molecule has 1 fully saturated rings. The lowest BCUT2D eigenvalue weighted by atomic mass is 10.1. The van der Waals surface area contributed by atoms with Crippen molar-refractivity contribution in [2.24, 2.45) is 5.92 Å². The molecule has 1 unspecified atom stereocenters.